The second kappa shape index (κ2) is 6.56. The second-order valence-electron chi connectivity index (χ2n) is 4.41. The van der Waals surface area contributed by atoms with Gasteiger partial charge in [-0.3, -0.25) is 10.1 Å². The SMILES string of the molecule is Cc1cc(NC(=O)OCc2ccccc2)n(CC(=O)O)n1. The molecule has 2 aromatic rings. The highest BCUT2D eigenvalue weighted by Gasteiger charge is 2.12. The van der Waals surface area contributed by atoms with Crippen LogP contribution in [0.1, 0.15) is 11.3 Å². The number of rotatable bonds is 5. The first-order valence-corrected chi connectivity index (χ1v) is 6.28. The molecule has 0 aliphatic rings. The van der Waals surface area contributed by atoms with Crippen LogP contribution in [-0.4, -0.2) is 26.9 Å². The van der Waals surface area contributed by atoms with E-state index in [9.17, 15) is 9.59 Å². The molecule has 2 rings (SSSR count). The molecule has 7 nitrogen and oxygen atoms in total. The summed E-state index contributed by atoms with van der Waals surface area (Å²) in [7, 11) is 0. The van der Waals surface area contributed by atoms with Gasteiger partial charge in [0.05, 0.1) is 5.69 Å². The number of amides is 1. The zero-order valence-electron chi connectivity index (χ0n) is 11.4. The Bertz CT molecular complexity index is 637. The number of carboxylic acids is 1. The van der Waals surface area contributed by atoms with E-state index in [0.717, 1.165) is 5.56 Å². The lowest BCUT2D eigenvalue weighted by Gasteiger charge is -2.08. The number of nitrogens with zero attached hydrogens (tertiary/aromatic N) is 2. The molecule has 0 atom stereocenters. The van der Waals surface area contributed by atoms with Crippen LogP contribution in [-0.2, 0) is 22.7 Å². The number of hydrogen-bond donors (Lipinski definition) is 2. The van der Waals surface area contributed by atoms with Crippen molar-refractivity contribution in [2.24, 2.45) is 0 Å². The number of anilines is 1. The maximum atomic E-state index is 11.7. The van der Waals surface area contributed by atoms with Gasteiger partial charge in [-0.25, -0.2) is 9.48 Å². The number of nitrogens with one attached hydrogen (secondary N) is 1. The first kappa shape index (κ1) is 14.6. The van der Waals surface area contributed by atoms with Gasteiger partial charge in [0.25, 0.3) is 0 Å². The van der Waals surface area contributed by atoms with E-state index in [1.165, 1.54) is 4.68 Å². The number of aromatic nitrogens is 2. The third kappa shape index (κ3) is 4.34. The van der Waals surface area contributed by atoms with Gasteiger partial charge in [0.2, 0.25) is 0 Å². The van der Waals surface area contributed by atoms with Crippen molar-refractivity contribution in [3.05, 3.63) is 47.7 Å². The minimum absolute atomic E-state index is 0.138. The van der Waals surface area contributed by atoms with Crippen LogP contribution >= 0.6 is 0 Å². The van der Waals surface area contributed by atoms with Crippen LogP contribution in [0.2, 0.25) is 0 Å². The number of carbonyl (C=O) groups is 2. The lowest BCUT2D eigenvalue weighted by atomic mass is 10.2. The van der Waals surface area contributed by atoms with Crippen LogP contribution in [0.3, 0.4) is 0 Å². The van der Waals surface area contributed by atoms with Crippen LogP contribution in [0.15, 0.2) is 36.4 Å². The summed E-state index contributed by atoms with van der Waals surface area (Å²) in [5, 5.41) is 15.3. The van der Waals surface area contributed by atoms with Crippen molar-refractivity contribution >= 4 is 17.9 Å². The molecule has 0 aliphatic carbocycles. The van der Waals surface area contributed by atoms with E-state index >= 15 is 0 Å². The van der Waals surface area contributed by atoms with Crippen molar-refractivity contribution in [3.8, 4) is 0 Å². The fraction of sp³-hybridized carbons (Fsp3) is 0.214. The number of ether oxygens (including phenoxy) is 1. The summed E-state index contributed by atoms with van der Waals surface area (Å²) >= 11 is 0. The molecule has 110 valence electrons. The normalized spacial score (nSPS) is 10.1. The van der Waals surface area contributed by atoms with E-state index in [4.69, 9.17) is 9.84 Å². The predicted molar refractivity (Wildman–Crippen MR) is 74.8 cm³/mol. The molecule has 0 saturated heterocycles. The maximum absolute atomic E-state index is 11.7. The largest absolute Gasteiger partial charge is 0.480 e. The third-order valence-corrected chi connectivity index (χ3v) is 2.63. The van der Waals surface area contributed by atoms with E-state index < -0.39 is 12.1 Å². The molecule has 2 N–H and O–H groups in total. The highest BCUT2D eigenvalue weighted by Crippen LogP contribution is 2.11. The number of aliphatic carboxylic acids is 1. The summed E-state index contributed by atoms with van der Waals surface area (Å²) in [6.07, 6.45) is -0.662. The van der Waals surface area contributed by atoms with Gasteiger partial charge in [-0.2, -0.15) is 5.10 Å². The van der Waals surface area contributed by atoms with E-state index in [0.29, 0.717) is 5.69 Å². The molecule has 0 saturated carbocycles. The minimum Gasteiger partial charge on any atom is -0.480 e. The third-order valence-electron chi connectivity index (χ3n) is 2.63. The summed E-state index contributed by atoms with van der Waals surface area (Å²) in [6, 6.07) is 10.8. The average molecular weight is 289 g/mol. The number of aryl methyl sites for hydroxylation is 1. The van der Waals surface area contributed by atoms with Crippen LogP contribution in [0.4, 0.5) is 10.6 Å². The quantitative estimate of drug-likeness (QED) is 0.878. The van der Waals surface area contributed by atoms with Gasteiger partial charge in [-0.1, -0.05) is 30.3 Å². The molecule has 21 heavy (non-hydrogen) atoms. The van der Waals surface area contributed by atoms with Crippen molar-refractivity contribution in [1.82, 2.24) is 9.78 Å². The van der Waals surface area contributed by atoms with E-state index in [1.807, 2.05) is 30.3 Å². The summed E-state index contributed by atoms with van der Waals surface area (Å²) in [6.45, 7) is 1.51. The highest BCUT2D eigenvalue weighted by atomic mass is 16.5. The Morgan fingerprint density at radius 1 is 1.33 bits per heavy atom. The lowest BCUT2D eigenvalue weighted by Crippen LogP contribution is -2.19. The Kier molecular flexibility index (Phi) is 4.55. The molecule has 1 amide bonds. The maximum Gasteiger partial charge on any atom is 0.413 e. The molecule has 0 bridgehead atoms. The van der Waals surface area contributed by atoms with Gasteiger partial charge >= 0.3 is 12.1 Å². The van der Waals surface area contributed by atoms with Gasteiger partial charge in [0.15, 0.2) is 0 Å². The smallest absolute Gasteiger partial charge is 0.413 e. The molecular formula is C14H15N3O4. The van der Waals surface area contributed by atoms with Gasteiger partial charge in [0, 0.05) is 6.07 Å². The van der Waals surface area contributed by atoms with Crippen molar-refractivity contribution in [2.75, 3.05) is 5.32 Å². The van der Waals surface area contributed by atoms with Gasteiger partial charge in [-0.05, 0) is 12.5 Å². The Labute approximate surface area is 121 Å². The topological polar surface area (TPSA) is 93.5 Å². The lowest BCUT2D eigenvalue weighted by molar-refractivity contribution is -0.137. The first-order valence-electron chi connectivity index (χ1n) is 6.28. The molecule has 0 spiro atoms. The standard InChI is InChI=1S/C14H15N3O4/c1-10-7-12(17(16-10)8-13(18)19)15-14(20)21-9-11-5-3-2-4-6-11/h2-7H,8-9H2,1H3,(H,15,20)(H,18,19). The molecule has 0 fully saturated rings. The summed E-state index contributed by atoms with van der Waals surface area (Å²) < 4.78 is 6.26. The zero-order valence-corrected chi connectivity index (χ0v) is 11.4. The average Bonchev–Trinajstić information content (AvgIpc) is 2.76. The summed E-state index contributed by atoms with van der Waals surface area (Å²) in [5.41, 5.74) is 1.47. The number of benzene rings is 1. The van der Waals surface area contributed by atoms with Crippen molar-refractivity contribution in [3.63, 3.8) is 0 Å². The van der Waals surface area contributed by atoms with Crippen molar-refractivity contribution in [1.29, 1.82) is 0 Å². The Morgan fingerprint density at radius 3 is 2.71 bits per heavy atom. The van der Waals surface area contributed by atoms with Gasteiger partial charge in [0.1, 0.15) is 19.0 Å². The molecular weight excluding hydrogens is 274 g/mol. The summed E-state index contributed by atoms with van der Waals surface area (Å²) in [5.74, 6) is -0.758. The zero-order chi connectivity index (χ0) is 15.2. The number of carbonyl (C=O) groups excluding carboxylic acids is 1. The number of hydrogen-bond acceptors (Lipinski definition) is 4. The first-order chi connectivity index (χ1) is 10.0. The van der Waals surface area contributed by atoms with Gasteiger partial charge < -0.3 is 9.84 Å². The van der Waals surface area contributed by atoms with Crippen LogP contribution in [0.5, 0.6) is 0 Å². The molecule has 0 radical (unpaired) electrons. The van der Waals surface area contributed by atoms with E-state index in [-0.39, 0.29) is 19.0 Å². The number of carboxylic acid groups (broad SMARTS) is 1. The molecule has 7 heteroatoms. The van der Waals surface area contributed by atoms with Crippen molar-refractivity contribution in [2.45, 2.75) is 20.1 Å². The summed E-state index contributed by atoms with van der Waals surface area (Å²) in [4.78, 5) is 22.4. The van der Waals surface area contributed by atoms with Crippen LogP contribution < -0.4 is 5.32 Å². The fourth-order valence-corrected chi connectivity index (χ4v) is 1.76. The predicted octanol–water partition coefficient (Wildman–Crippen LogP) is 2.02. The molecule has 1 heterocycles. The Morgan fingerprint density at radius 2 is 2.05 bits per heavy atom. The van der Waals surface area contributed by atoms with Crippen LogP contribution in [0.25, 0.3) is 0 Å². The molecule has 1 aromatic heterocycles. The van der Waals surface area contributed by atoms with Gasteiger partial charge in [-0.15, -0.1) is 0 Å². The van der Waals surface area contributed by atoms with E-state index in [2.05, 4.69) is 10.4 Å². The van der Waals surface area contributed by atoms with Crippen LogP contribution in [0, 0.1) is 6.92 Å². The molecule has 0 unspecified atom stereocenters. The second-order valence-corrected chi connectivity index (χ2v) is 4.41. The molecule has 0 aliphatic heterocycles. The van der Waals surface area contributed by atoms with Crippen molar-refractivity contribution < 1.29 is 19.4 Å². The highest BCUT2D eigenvalue weighted by molar-refractivity contribution is 5.83. The monoisotopic (exact) mass is 289 g/mol. The molecule has 1 aromatic carbocycles. The Balaban J connectivity index is 1.95. The van der Waals surface area contributed by atoms with E-state index in [1.54, 1.807) is 13.0 Å². The minimum atomic E-state index is -1.04. The fourth-order valence-electron chi connectivity index (χ4n) is 1.76. The Hall–Kier alpha value is -2.83.